The van der Waals surface area contributed by atoms with Crippen molar-refractivity contribution in [1.82, 2.24) is 15.5 Å². The quantitative estimate of drug-likeness (QED) is 0.224. The number of methoxy groups -OCH3 is 1. The van der Waals surface area contributed by atoms with Gasteiger partial charge in [-0.2, -0.15) is 0 Å². The van der Waals surface area contributed by atoms with E-state index in [1.807, 2.05) is 31.2 Å². The topological polar surface area (TPSA) is 87.7 Å². The average molecular weight is 566 g/mol. The summed E-state index contributed by atoms with van der Waals surface area (Å²) < 4.78 is 33.0. The van der Waals surface area contributed by atoms with Gasteiger partial charge in [-0.15, -0.1) is 0 Å². The monoisotopic (exact) mass is 565 g/mol. The van der Waals surface area contributed by atoms with E-state index in [4.69, 9.17) is 4.74 Å². The number of carbonyl (C=O) groups is 3. The third-order valence-corrected chi connectivity index (χ3v) is 6.88. The van der Waals surface area contributed by atoms with Crippen LogP contribution in [0.2, 0.25) is 0 Å². The number of aldehydes is 1. The van der Waals surface area contributed by atoms with Crippen molar-refractivity contribution in [3.8, 4) is 5.75 Å². The van der Waals surface area contributed by atoms with Crippen LogP contribution in [-0.4, -0.2) is 62.8 Å². The van der Waals surface area contributed by atoms with Gasteiger partial charge in [-0.3, -0.25) is 14.4 Å². The van der Waals surface area contributed by atoms with Crippen LogP contribution < -0.4 is 15.4 Å². The number of nitrogens with zero attached hydrogens (tertiary/aromatic N) is 1. The molecule has 0 aromatic heterocycles. The first-order chi connectivity index (χ1) is 19.6. The number of carbonyl (C=O) groups excluding carboxylic acids is 3. The fourth-order valence-corrected chi connectivity index (χ4v) is 4.58. The minimum absolute atomic E-state index is 0.0285. The predicted molar refractivity (Wildman–Crippen MR) is 154 cm³/mol. The second-order valence-corrected chi connectivity index (χ2v) is 10.3. The summed E-state index contributed by atoms with van der Waals surface area (Å²) in [5.74, 6) is -1.23. The second kappa shape index (κ2) is 15.0. The van der Waals surface area contributed by atoms with E-state index in [-0.39, 0.29) is 30.6 Å². The lowest BCUT2D eigenvalue weighted by molar-refractivity contribution is -0.129. The summed E-state index contributed by atoms with van der Waals surface area (Å²) in [4.78, 5) is 38.7. The van der Waals surface area contributed by atoms with Gasteiger partial charge >= 0.3 is 0 Å². The lowest BCUT2D eigenvalue weighted by atomic mass is 9.94. The highest BCUT2D eigenvalue weighted by Crippen LogP contribution is 2.16. The first-order valence-electron chi connectivity index (χ1n) is 13.5. The van der Waals surface area contributed by atoms with E-state index in [2.05, 4.69) is 10.6 Å². The standard InChI is InChI=1S/C32H37F2N3O4/c1-21-10-25(20-38)12-26(11-21)32(40)36-30(16-24-13-27(33)18-28(34)14-24)22(2)19-35-8-9-37(3)31(39)17-23-6-5-7-29(15-23)41-4/h5-7,10-15,18,20,22,30,35H,8-9,16-17,19H2,1-4H3,(H,36,40)/t22?,30-/m0/s1. The Morgan fingerprint density at radius 2 is 1.76 bits per heavy atom. The first-order valence-corrected chi connectivity index (χ1v) is 13.5. The summed E-state index contributed by atoms with van der Waals surface area (Å²) in [5, 5.41) is 6.31. The van der Waals surface area contributed by atoms with Crippen LogP contribution in [0, 0.1) is 24.5 Å². The number of hydrogen-bond donors (Lipinski definition) is 2. The van der Waals surface area contributed by atoms with Crippen LogP contribution in [-0.2, 0) is 17.6 Å². The van der Waals surface area contributed by atoms with Gasteiger partial charge in [0.2, 0.25) is 5.91 Å². The molecule has 7 nitrogen and oxygen atoms in total. The molecule has 41 heavy (non-hydrogen) atoms. The molecule has 0 aliphatic heterocycles. The molecule has 0 fully saturated rings. The third kappa shape index (κ3) is 9.79. The van der Waals surface area contributed by atoms with Crippen molar-refractivity contribution in [3.63, 3.8) is 0 Å². The molecule has 2 amide bonds. The number of ether oxygens (including phenoxy) is 1. The lowest BCUT2D eigenvalue weighted by Gasteiger charge is -2.27. The van der Waals surface area contributed by atoms with Gasteiger partial charge in [0.05, 0.1) is 13.5 Å². The van der Waals surface area contributed by atoms with Crippen LogP contribution in [0.25, 0.3) is 0 Å². The summed E-state index contributed by atoms with van der Waals surface area (Å²) in [6.45, 7) is 5.19. The van der Waals surface area contributed by atoms with E-state index in [0.29, 0.717) is 48.4 Å². The van der Waals surface area contributed by atoms with Crippen LogP contribution >= 0.6 is 0 Å². The van der Waals surface area contributed by atoms with Crippen LogP contribution in [0.5, 0.6) is 5.75 Å². The molecule has 1 unspecified atom stereocenters. The fraction of sp³-hybridized carbons (Fsp3) is 0.344. The Hall–Kier alpha value is -4.11. The zero-order valence-electron chi connectivity index (χ0n) is 23.9. The molecule has 0 spiro atoms. The van der Waals surface area contributed by atoms with E-state index in [1.54, 1.807) is 38.1 Å². The Morgan fingerprint density at radius 1 is 1.02 bits per heavy atom. The minimum Gasteiger partial charge on any atom is -0.497 e. The summed E-state index contributed by atoms with van der Waals surface area (Å²) in [6, 6.07) is 15.1. The summed E-state index contributed by atoms with van der Waals surface area (Å²) in [7, 11) is 3.32. The van der Waals surface area contributed by atoms with Gasteiger partial charge < -0.3 is 20.3 Å². The van der Waals surface area contributed by atoms with Gasteiger partial charge in [0.15, 0.2) is 0 Å². The van der Waals surface area contributed by atoms with Gasteiger partial charge in [0, 0.05) is 43.4 Å². The van der Waals surface area contributed by atoms with E-state index in [1.165, 1.54) is 18.2 Å². The average Bonchev–Trinajstić information content (AvgIpc) is 2.93. The number of hydrogen-bond acceptors (Lipinski definition) is 5. The van der Waals surface area contributed by atoms with Gasteiger partial charge in [0.25, 0.3) is 5.91 Å². The number of likely N-dealkylation sites (N-methyl/N-ethyl adjacent to an activating group) is 1. The van der Waals surface area contributed by atoms with Crippen molar-refractivity contribution >= 4 is 18.1 Å². The van der Waals surface area contributed by atoms with Crippen LogP contribution in [0.3, 0.4) is 0 Å². The second-order valence-electron chi connectivity index (χ2n) is 10.3. The maximum absolute atomic E-state index is 13.9. The van der Waals surface area contributed by atoms with Crippen LogP contribution in [0.15, 0.2) is 60.7 Å². The summed E-state index contributed by atoms with van der Waals surface area (Å²) >= 11 is 0. The number of benzene rings is 3. The highest BCUT2D eigenvalue weighted by molar-refractivity contribution is 5.96. The molecule has 2 N–H and O–H groups in total. The zero-order chi connectivity index (χ0) is 29.9. The molecule has 0 heterocycles. The number of amides is 2. The van der Waals surface area contributed by atoms with Gasteiger partial charge in [-0.1, -0.05) is 19.1 Å². The fourth-order valence-electron chi connectivity index (χ4n) is 4.58. The van der Waals surface area contributed by atoms with Crippen molar-refractivity contribution in [3.05, 3.63) is 100 Å². The molecule has 0 saturated carbocycles. The normalized spacial score (nSPS) is 12.3. The van der Waals surface area contributed by atoms with Gasteiger partial charge in [-0.05, 0) is 85.0 Å². The lowest BCUT2D eigenvalue weighted by Crippen LogP contribution is -2.45. The maximum atomic E-state index is 13.9. The van der Waals surface area contributed by atoms with Crippen molar-refractivity contribution in [2.24, 2.45) is 5.92 Å². The Balaban J connectivity index is 1.61. The molecular formula is C32H37F2N3O4. The van der Waals surface area contributed by atoms with E-state index in [0.717, 1.165) is 17.2 Å². The Morgan fingerprint density at radius 3 is 2.44 bits per heavy atom. The molecule has 3 rings (SSSR count). The first kappa shape index (κ1) is 31.4. The Bertz CT molecular complexity index is 1340. The van der Waals surface area contributed by atoms with E-state index < -0.39 is 17.7 Å². The number of nitrogens with one attached hydrogen (secondary N) is 2. The SMILES string of the molecule is COc1cccc(CC(=O)N(C)CCNCC(C)[C@H](Cc2cc(F)cc(F)c2)NC(=O)c2cc(C)cc(C=O)c2)c1. The van der Waals surface area contributed by atoms with Crippen molar-refractivity contribution in [2.75, 3.05) is 33.8 Å². The predicted octanol–water partition coefficient (Wildman–Crippen LogP) is 4.36. The van der Waals surface area contributed by atoms with Gasteiger partial charge in [-0.25, -0.2) is 8.78 Å². The Kier molecular flexibility index (Phi) is 11.5. The summed E-state index contributed by atoms with van der Waals surface area (Å²) in [5.41, 5.74) is 2.77. The smallest absolute Gasteiger partial charge is 0.251 e. The Labute approximate surface area is 239 Å². The molecule has 3 aromatic rings. The largest absolute Gasteiger partial charge is 0.497 e. The molecule has 9 heteroatoms. The molecule has 0 aliphatic carbocycles. The molecule has 0 radical (unpaired) electrons. The molecule has 218 valence electrons. The highest BCUT2D eigenvalue weighted by atomic mass is 19.1. The highest BCUT2D eigenvalue weighted by Gasteiger charge is 2.22. The third-order valence-electron chi connectivity index (χ3n) is 6.88. The molecule has 0 aliphatic rings. The minimum atomic E-state index is -0.688. The molecule has 0 saturated heterocycles. The molecule has 2 atom stereocenters. The number of rotatable bonds is 14. The molecule has 3 aromatic carbocycles. The number of halogens is 2. The van der Waals surface area contributed by atoms with Crippen molar-refractivity contribution in [1.29, 1.82) is 0 Å². The van der Waals surface area contributed by atoms with Gasteiger partial charge in [0.1, 0.15) is 23.7 Å². The summed E-state index contributed by atoms with van der Waals surface area (Å²) in [6.07, 6.45) is 1.14. The number of aryl methyl sites for hydroxylation is 1. The van der Waals surface area contributed by atoms with Crippen LogP contribution in [0.4, 0.5) is 8.78 Å². The van der Waals surface area contributed by atoms with E-state index in [9.17, 15) is 23.2 Å². The van der Waals surface area contributed by atoms with Crippen molar-refractivity contribution < 1.29 is 27.9 Å². The molecule has 0 bridgehead atoms. The van der Waals surface area contributed by atoms with Crippen molar-refractivity contribution in [2.45, 2.75) is 32.7 Å². The zero-order valence-corrected chi connectivity index (χ0v) is 23.9. The van der Waals surface area contributed by atoms with Crippen LogP contribution in [0.1, 0.15) is 44.3 Å². The maximum Gasteiger partial charge on any atom is 0.251 e. The van der Waals surface area contributed by atoms with E-state index >= 15 is 0 Å². The molecular weight excluding hydrogens is 528 g/mol.